The van der Waals surface area contributed by atoms with E-state index in [0.29, 0.717) is 34.9 Å². The Kier molecular flexibility index (Phi) is 5.27. The monoisotopic (exact) mass is 425 g/mol. The minimum absolute atomic E-state index is 0.0259. The Morgan fingerprint density at radius 2 is 2.10 bits per heavy atom. The highest BCUT2D eigenvalue weighted by Crippen LogP contribution is 2.31. The number of thiophene rings is 1. The van der Waals surface area contributed by atoms with E-state index in [2.05, 4.69) is 26.2 Å². The van der Waals surface area contributed by atoms with Gasteiger partial charge in [0, 0.05) is 29.2 Å². The summed E-state index contributed by atoms with van der Waals surface area (Å²) in [7, 11) is 0. The number of rotatable bonds is 4. The van der Waals surface area contributed by atoms with Crippen molar-refractivity contribution >= 4 is 34.7 Å². The summed E-state index contributed by atoms with van der Waals surface area (Å²) >= 11 is 1.43. The number of hydrogen-bond acceptors (Lipinski definition) is 7. The Bertz CT molecular complexity index is 1120. The molecular formula is C19H19N7O3S. The van der Waals surface area contributed by atoms with Gasteiger partial charge in [0.15, 0.2) is 0 Å². The lowest BCUT2D eigenvalue weighted by molar-refractivity contribution is -0.123. The van der Waals surface area contributed by atoms with Crippen LogP contribution in [0.1, 0.15) is 31.2 Å². The molecule has 0 unspecified atom stereocenters. The quantitative estimate of drug-likeness (QED) is 0.647. The number of amides is 3. The first-order valence-electron chi connectivity index (χ1n) is 9.25. The van der Waals surface area contributed by atoms with E-state index in [0.717, 1.165) is 10.4 Å². The maximum absolute atomic E-state index is 13.1. The van der Waals surface area contributed by atoms with Gasteiger partial charge in [0.1, 0.15) is 11.3 Å². The van der Waals surface area contributed by atoms with Crippen molar-refractivity contribution in [3.05, 3.63) is 52.2 Å². The van der Waals surface area contributed by atoms with Gasteiger partial charge in [-0.15, -0.1) is 16.4 Å². The smallest absolute Gasteiger partial charge is 0.259 e. The number of aryl methyl sites for hydroxylation is 1. The average Bonchev–Trinajstić information content (AvgIpc) is 3.36. The summed E-state index contributed by atoms with van der Waals surface area (Å²) in [5, 5.41) is 17.3. The predicted molar refractivity (Wildman–Crippen MR) is 110 cm³/mol. The first-order chi connectivity index (χ1) is 14.4. The van der Waals surface area contributed by atoms with Crippen molar-refractivity contribution < 1.29 is 14.4 Å². The highest BCUT2D eigenvalue weighted by molar-refractivity contribution is 7.15. The molecule has 4 rings (SSSR count). The molecule has 1 aromatic carbocycles. The van der Waals surface area contributed by atoms with E-state index in [9.17, 15) is 14.4 Å². The summed E-state index contributed by atoms with van der Waals surface area (Å²) in [4.78, 5) is 39.8. The molecule has 0 spiro atoms. The fourth-order valence-electron chi connectivity index (χ4n) is 3.21. The van der Waals surface area contributed by atoms with E-state index in [1.165, 1.54) is 27.2 Å². The van der Waals surface area contributed by atoms with Crippen LogP contribution in [0.15, 0.2) is 30.6 Å². The number of nitrogens with zero attached hydrogens (tertiary/aromatic N) is 5. The summed E-state index contributed by atoms with van der Waals surface area (Å²) < 4.78 is 1.46. The van der Waals surface area contributed by atoms with Crippen LogP contribution in [0.3, 0.4) is 0 Å². The van der Waals surface area contributed by atoms with Crippen molar-refractivity contribution in [2.75, 3.05) is 25.0 Å². The number of piperazine rings is 1. The van der Waals surface area contributed by atoms with Crippen LogP contribution >= 0.6 is 11.3 Å². The van der Waals surface area contributed by atoms with Crippen molar-refractivity contribution in [3.8, 4) is 5.00 Å². The molecule has 3 heterocycles. The second-order valence-corrected chi connectivity index (χ2v) is 8.03. The third-order valence-corrected chi connectivity index (χ3v) is 6.04. The maximum atomic E-state index is 13.1. The molecule has 1 aliphatic rings. The molecule has 0 aliphatic carbocycles. The SMILES string of the molecule is Cc1sc(-n2cnnn2)c(C(=O)Nc2cccc(C(=O)N3CCNC(=O)C3)c2)c1C. The zero-order valence-electron chi connectivity index (χ0n) is 16.4. The van der Waals surface area contributed by atoms with Gasteiger partial charge in [0.25, 0.3) is 11.8 Å². The molecule has 1 saturated heterocycles. The molecule has 0 atom stereocenters. The van der Waals surface area contributed by atoms with Gasteiger partial charge in [0.2, 0.25) is 5.91 Å². The average molecular weight is 425 g/mol. The van der Waals surface area contributed by atoms with Crippen LogP contribution in [-0.4, -0.2) is 62.5 Å². The summed E-state index contributed by atoms with van der Waals surface area (Å²) in [5.74, 6) is -0.750. The Hall–Kier alpha value is -3.60. The van der Waals surface area contributed by atoms with Crippen molar-refractivity contribution in [1.82, 2.24) is 30.4 Å². The van der Waals surface area contributed by atoms with Gasteiger partial charge in [-0.2, -0.15) is 4.68 Å². The molecule has 1 fully saturated rings. The molecule has 30 heavy (non-hydrogen) atoms. The lowest BCUT2D eigenvalue weighted by Gasteiger charge is -2.26. The molecule has 11 heteroatoms. The molecule has 0 radical (unpaired) electrons. The molecule has 0 saturated carbocycles. The van der Waals surface area contributed by atoms with Crippen LogP contribution in [0.2, 0.25) is 0 Å². The second-order valence-electron chi connectivity index (χ2n) is 6.83. The van der Waals surface area contributed by atoms with E-state index in [4.69, 9.17) is 0 Å². The van der Waals surface area contributed by atoms with E-state index >= 15 is 0 Å². The number of tetrazole rings is 1. The normalized spacial score (nSPS) is 13.8. The van der Waals surface area contributed by atoms with Crippen LogP contribution in [0.25, 0.3) is 5.00 Å². The predicted octanol–water partition coefficient (Wildman–Crippen LogP) is 1.16. The highest BCUT2D eigenvalue weighted by atomic mass is 32.1. The standard InChI is InChI=1S/C19H19N7O3S/c1-11-12(2)30-19(26-10-21-23-24-26)16(11)17(28)22-14-5-3-4-13(8-14)18(29)25-7-6-20-15(27)9-25/h3-5,8,10H,6-7,9H2,1-2H3,(H,20,27)(H,22,28). The minimum Gasteiger partial charge on any atom is -0.353 e. The number of anilines is 1. The van der Waals surface area contributed by atoms with Gasteiger partial charge < -0.3 is 15.5 Å². The Labute approximate surface area is 175 Å². The number of carbonyl (C=O) groups is 3. The lowest BCUT2D eigenvalue weighted by atomic mass is 10.1. The Morgan fingerprint density at radius 3 is 2.83 bits per heavy atom. The first kappa shape index (κ1) is 19.7. The number of benzene rings is 1. The topological polar surface area (TPSA) is 122 Å². The molecule has 2 aromatic heterocycles. The largest absolute Gasteiger partial charge is 0.353 e. The third kappa shape index (κ3) is 3.79. The van der Waals surface area contributed by atoms with Crippen LogP contribution in [-0.2, 0) is 4.79 Å². The van der Waals surface area contributed by atoms with Crippen LogP contribution in [0.5, 0.6) is 0 Å². The van der Waals surface area contributed by atoms with E-state index in [1.807, 2.05) is 13.8 Å². The molecule has 10 nitrogen and oxygen atoms in total. The van der Waals surface area contributed by atoms with Crippen LogP contribution < -0.4 is 10.6 Å². The summed E-state index contributed by atoms with van der Waals surface area (Å²) in [5.41, 5.74) is 2.21. The summed E-state index contributed by atoms with van der Waals surface area (Å²) in [6.07, 6.45) is 1.44. The third-order valence-electron chi connectivity index (χ3n) is 4.84. The molecule has 3 amide bonds. The first-order valence-corrected chi connectivity index (χ1v) is 10.1. The second kappa shape index (κ2) is 8.03. The van der Waals surface area contributed by atoms with E-state index in [1.54, 1.807) is 24.3 Å². The lowest BCUT2D eigenvalue weighted by Crippen LogP contribution is -2.49. The molecule has 3 aromatic rings. The van der Waals surface area contributed by atoms with E-state index < -0.39 is 0 Å². The molecule has 154 valence electrons. The number of hydrogen-bond donors (Lipinski definition) is 2. The number of carbonyl (C=O) groups excluding carboxylic acids is 3. The zero-order chi connectivity index (χ0) is 21.3. The van der Waals surface area contributed by atoms with Gasteiger partial charge in [-0.25, -0.2) is 0 Å². The van der Waals surface area contributed by atoms with Crippen molar-refractivity contribution in [2.45, 2.75) is 13.8 Å². The summed E-state index contributed by atoms with van der Waals surface area (Å²) in [6, 6.07) is 6.68. The summed E-state index contributed by atoms with van der Waals surface area (Å²) in [6.45, 7) is 4.70. The van der Waals surface area contributed by atoms with Crippen molar-refractivity contribution in [1.29, 1.82) is 0 Å². The van der Waals surface area contributed by atoms with Crippen molar-refractivity contribution in [2.24, 2.45) is 0 Å². The fraction of sp³-hybridized carbons (Fsp3) is 0.263. The molecular weight excluding hydrogens is 406 g/mol. The van der Waals surface area contributed by atoms with Crippen molar-refractivity contribution in [3.63, 3.8) is 0 Å². The van der Waals surface area contributed by atoms with Crippen LogP contribution in [0, 0.1) is 13.8 Å². The van der Waals surface area contributed by atoms with Gasteiger partial charge in [-0.05, 0) is 48.0 Å². The number of aromatic nitrogens is 4. The molecule has 2 N–H and O–H groups in total. The minimum atomic E-state index is -0.315. The maximum Gasteiger partial charge on any atom is 0.259 e. The van der Waals surface area contributed by atoms with E-state index in [-0.39, 0.29) is 24.3 Å². The highest BCUT2D eigenvalue weighted by Gasteiger charge is 2.24. The fourth-order valence-corrected chi connectivity index (χ4v) is 4.28. The van der Waals surface area contributed by atoms with Gasteiger partial charge in [-0.3, -0.25) is 14.4 Å². The zero-order valence-corrected chi connectivity index (χ0v) is 17.2. The van der Waals surface area contributed by atoms with Gasteiger partial charge >= 0.3 is 0 Å². The Balaban J connectivity index is 1.57. The molecule has 1 aliphatic heterocycles. The Morgan fingerprint density at radius 1 is 1.27 bits per heavy atom. The van der Waals surface area contributed by atoms with Crippen LogP contribution in [0.4, 0.5) is 5.69 Å². The van der Waals surface area contributed by atoms with Gasteiger partial charge in [0.05, 0.1) is 12.1 Å². The van der Waals surface area contributed by atoms with Gasteiger partial charge in [-0.1, -0.05) is 6.07 Å². The molecule has 0 bridgehead atoms. The number of nitrogens with one attached hydrogen (secondary N) is 2.